The van der Waals surface area contributed by atoms with Crippen LogP contribution in [-0.4, -0.2) is 20.5 Å². The van der Waals surface area contributed by atoms with Gasteiger partial charge in [-0.25, -0.2) is 4.39 Å². The van der Waals surface area contributed by atoms with E-state index in [1.54, 1.807) is 13.8 Å². The minimum Gasteiger partial charge on any atom is -0.323 e. The van der Waals surface area contributed by atoms with E-state index in [0.717, 1.165) is 16.7 Å². The number of fused-ring (bicyclic) bond motifs is 1. The molecule has 0 aliphatic carbocycles. The third-order valence-corrected chi connectivity index (χ3v) is 4.51. The summed E-state index contributed by atoms with van der Waals surface area (Å²) in [4.78, 5) is 35.7. The lowest BCUT2D eigenvalue weighted by Gasteiger charge is -2.18. The molecule has 0 saturated heterocycles. The van der Waals surface area contributed by atoms with E-state index in [1.807, 2.05) is 0 Å². The molecule has 0 aliphatic heterocycles. The molecule has 0 amide bonds. The van der Waals surface area contributed by atoms with Gasteiger partial charge >= 0.3 is 18.7 Å². The number of H-pyrrole nitrogens is 1. The average Bonchev–Trinajstić information content (AvgIpc) is 2.43. The molecule has 2 atom stereocenters. The van der Waals surface area contributed by atoms with E-state index < -0.39 is 36.9 Å². The van der Waals surface area contributed by atoms with E-state index >= 15 is 0 Å². The molecule has 0 fully saturated rings. The summed E-state index contributed by atoms with van der Waals surface area (Å²) in [5.41, 5.74) is -1.79. The van der Waals surface area contributed by atoms with Crippen LogP contribution in [0.5, 0.6) is 0 Å². The van der Waals surface area contributed by atoms with Crippen molar-refractivity contribution in [3.63, 3.8) is 0 Å². The molecule has 2 N–H and O–H groups in total. The molecule has 7 nitrogen and oxygen atoms in total. The smallest absolute Gasteiger partial charge is 0.323 e. The quantitative estimate of drug-likeness (QED) is 0.643. The lowest BCUT2D eigenvalue weighted by atomic mass is 10.3. The highest BCUT2D eigenvalue weighted by Gasteiger charge is 2.25. The first-order valence-electron chi connectivity index (χ1n) is 6.66. The first-order chi connectivity index (χ1) is 10.2. The van der Waals surface area contributed by atoms with E-state index in [1.165, 1.54) is 6.07 Å². The number of halogens is 1. The highest BCUT2D eigenvalue weighted by Crippen LogP contribution is 2.45. The Balaban J connectivity index is 2.55. The van der Waals surface area contributed by atoms with E-state index in [9.17, 15) is 23.4 Å². The minimum atomic E-state index is -4.13. The van der Waals surface area contributed by atoms with E-state index in [-0.39, 0.29) is 11.0 Å². The first kappa shape index (κ1) is 16.6. The van der Waals surface area contributed by atoms with Gasteiger partial charge in [0.25, 0.3) is 0 Å². The molecule has 22 heavy (non-hydrogen) atoms. The third-order valence-electron chi connectivity index (χ3n) is 3.18. The number of rotatable bonds is 5. The summed E-state index contributed by atoms with van der Waals surface area (Å²) in [6, 6.07) is 3.38. The monoisotopic (exact) mass is 330 g/mol. The van der Waals surface area contributed by atoms with Crippen LogP contribution < -0.4 is 11.1 Å². The number of hydrogen-bond donors (Lipinski definition) is 2. The van der Waals surface area contributed by atoms with E-state index in [4.69, 9.17) is 4.52 Å². The van der Waals surface area contributed by atoms with Crippen LogP contribution in [0.4, 0.5) is 4.39 Å². The van der Waals surface area contributed by atoms with Crippen LogP contribution in [0.1, 0.15) is 20.3 Å². The summed E-state index contributed by atoms with van der Waals surface area (Å²) >= 11 is 0. The van der Waals surface area contributed by atoms with Crippen molar-refractivity contribution in [1.29, 1.82) is 0 Å². The molecule has 1 aromatic carbocycles. The number of hydrogen-bond acceptors (Lipinski definition) is 4. The van der Waals surface area contributed by atoms with Crippen molar-refractivity contribution >= 4 is 18.6 Å². The van der Waals surface area contributed by atoms with Crippen LogP contribution in [-0.2, 0) is 15.4 Å². The highest BCUT2D eigenvalue weighted by molar-refractivity contribution is 7.51. The SMILES string of the molecule is CCC(C)OP(=O)(O)Cn1c(=O)c(=O)[nH]c2cc(F)ccc21. The van der Waals surface area contributed by atoms with Crippen molar-refractivity contribution in [2.45, 2.75) is 32.7 Å². The second-order valence-corrected chi connectivity index (χ2v) is 6.72. The summed E-state index contributed by atoms with van der Waals surface area (Å²) in [7, 11) is -4.13. The molecular formula is C13H16FN2O5P. The summed E-state index contributed by atoms with van der Waals surface area (Å²) in [6.07, 6.45) is -0.638. The lowest BCUT2D eigenvalue weighted by molar-refractivity contribution is 0.181. The summed E-state index contributed by atoms with van der Waals surface area (Å²) < 4.78 is 31.2. The van der Waals surface area contributed by atoms with Crippen molar-refractivity contribution in [2.75, 3.05) is 0 Å². The molecule has 2 unspecified atom stereocenters. The molecule has 0 radical (unpaired) electrons. The Bertz CT molecular complexity index is 860. The van der Waals surface area contributed by atoms with Crippen molar-refractivity contribution in [3.8, 4) is 0 Å². The van der Waals surface area contributed by atoms with Crippen LogP contribution >= 0.6 is 7.60 Å². The number of benzene rings is 1. The van der Waals surface area contributed by atoms with Gasteiger partial charge in [0.1, 0.15) is 12.1 Å². The van der Waals surface area contributed by atoms with Crippen LogP contribution in [0.25, 0.3) is 11.0 Å². The van der Waals surface area contributed by atoms with Gasteiger partial charge in [-0.05, 0) is 31.5 Å². The van der Waals surface area contributed by atoms with Crippen molar-refractivity contribution in [2.24, 2.45) is 0 Å². The highest BCUT2D eigenvalue weighted by atomic mass is 31.2. The van der Waals surface area contributed by atoms with Crippen LogP contribution in [0, 0.1) is 5.82 Å². The molecule has 0 saturated carbocycles. The standard InChI is InChI=1S/C13H16FN2O5P/c1-3-8(2)21-22(19,20)7-16-11-5-4-9(14)6-10(11)15-12(17)13(16)18/h4-6,8H,3,7H2,1-2H3,(H,15,17)(H,19,20). The summed E-state index contributed by atoms with van der Waals surface area (Å²) in [5, 5.41) is 0. The molecule has 1 aromatic heterocycles. The van der Waals surface area contributed by atoms with Crippen molar-refractivity contribution < 1.29 is 18.4 Å². The van der Waals surface area contributed by atoms with Gasteiger partial charge < -0.3 is 14.4 Å². The van der Waals surface area contributed by atoms with Crippen molar-refractivity contribution in [3.05, 3.63) is 44.7 Å². The fourth-order valence-electron chi connectivity index (χ4n) is 1.96. The number of nitrogens with one attached hydrogen (secondary N) is 1. The van der Waals surface area contributed by atoms with Crippen LogP contribution in [0.3, 0.4) is 0 Å². The van der Waals surface area contributed by atoms with Gasteiger partial charge in [0.05, 0.1) is 17.1 Å². The third kappa shape index (κ3) is 3.52. The van der Waals surface area contributed by atoms with Gasteiger partial charge in [0, 0.05) is 0 Å². The largest absolute Gasteiger partial charge is 0.348 e. The van der Waals surface area contributed by atoms with Gasteiger partial charge in [-0.2, -0.15) is 0 Å². The number of nitrogens with zero attached hydrogens (tertiary/aromatic N) is 1. The van der Waals surface area contributed by atoms with Gasteiger partial charge in [-0.15, -0.1) is 0 Å². The molecule has 2 aromatic rings. The zero-order valence-corrected chi connectivity index (χ0v) is 13.0. The van der Waals surface area contributed by atoms with Crippen LogP contribution in [0.15, 0.2) is 27.8 Å². The molecule has 0 spiro atoms. The lowest BCUT2D eigenvalue weighted by Crippen LogP contribution is -2.36. The van der Waals surface area contributed by atoms with Gasteiger partial charge in [0.2, 0.25) is 0 Å². The summed E-state index contributed by atoms with van der Waals surface area (Å²) in [5.74, 6) is -0.601. The summed E-state index contributed by atoms with van der Waals surface area (Å²) in [6.45, 7) is 3.40. The Kier molecular flexibility index (Phi) is 4.65. The molecule has 1 heterocycles. The molecular weight excluding hydrogens is 314 g/mol. The van der Waals surface area contributed by atoms with Gasteiger partial charge in [0.15, 0.2) is 0 Å². The zero-order valence-electron chi connectivity index (χ0n) is 12.1. The van der Waals surface area contributed by atoms with Crippen molar-refractivity contribution in [1.82, 2.24) is 9.55 Å². The minimum absolute atomic E-state index is 0.0631. The fraction of sp³-hybridized carbons (Fsp3) is 0.385. The maximum atomic E-state index is 13.2. The Labute approximate surface area is 124 Å². The van der Waals surface area contributed by atoms with Gasteiger partial charge in [-0.1, -0.05) is 6.92 Å². The Hall–Kier alpha value is -1.76. The predicted octanol–water partition coefficient (Wildman–Crippen LogP) is 1.79. The number of aromatic nitrogens is 2. The Morgan fingerprint density at radius 1 is 1.45 bits per heavy atom. The Morgan fingerprint density at radius 2 is 2.14 bits per heavy atom. The molecule has 0 bridgehead atoms. The second-order valence-electron chi connectivity index (χ2n) is 4.95. The fourth-order valence-corrected chi connectivity index (χ4v) is 3.38. The van der Waals surface area contributed by atoms with E-state index in [2.05, 4.69) is 4.98 Å². The number of aromatic amines is 1. The maximum Gasteiger partial charge on any atom is 0.348 e. The first-order valence-corrected chi connectivity index (χ1v) is 8.42. The van der Waals surface area contributed by atoms with E-state index in [0.29, 0.717) is 6.42 Å². The predicted molar refractivity (Wildman–Crippen MR) is 79.5 cm³/mol. The normalized spacial score (nSPS) is 15.6. The zero-order chi connectivity index (χ0) is 16.5. The topological polar surface area (TPSA) is 101 Å². The molecule has 2 rings (SSSR count). The van der Waals surface area contributed by atoms with Crippen LogP contribution in [0.2, 0.25) is 0 Å². The molecule has 120 valence electrons. The average molecular weight is 330 g/mol. The molecule has 9 heteroatoms. The molecule has 0 aliphatic rings. The van der Waals surface area contributed by atoms with Gasteiger partial charge in [-0.3, -0.25) is 18.7 Å². The second kappa shape index (κ2) is 6.16. The Morgan fingerprint density at radius 3 is 2.77 bits per heavy atom. The maximum absolute atomic E-state index is 13.2.